The van der Waals surface area contributed by atoms with Gasteiger partial charge in [-0.25, -0.2) is 4.79 Å². The van der Waals surface area contributed by atoms with Crippen molar-refractivity contribution in [3.05, 3.63) is 0 Å². The zero-order valence-corrected chi connectivity index (χ0v) is 22.0. The van der Waals surface area contributed by atoms with Crippen LogP contribution in [0.15, 0.2) is 0 Å². The van der Waals surface area contributed by atoms with Crippen molar-refractivity contribution in [1.82, 2.24) is 4.90 Å². The maximum Gasteiger partial charge on any atom is 0.446 e. The lowest BCUT2D eigenvalue weighted by Crippen LogP contribution is -2.40. The fourth-order valence-corrected chi connectivity index (χ4v) is 3.31. The molecular weight excluding hydrogens is 483 g/mol. The summed E-state index contributed by atoms with van der Waals surface area (Å²) in [6, 6.07) is 0. The van der Waals surface area contributed by atoms with Gasteiger partial charge >= 0.3 is 12.3 Å². The summed E-state index contributed by atoms with van der Waals surface area (Å²) < 4.78 is 53.2. The van der Waals surface area contributed by atoms with Crippen molar-refractivity contribution in [2.45, 2.75) is 123 Å². The van der Waals surface area contributed by atoms with Crippen molar-refractivity contribution < 1.29 is 48.6 Å². The summed E-state index contributed by atoms with van der Waals surface area (Å²) in [6.45, 7) is 8.79. The fraction of sp³-hybridized carbons (Fsp3) is 0.920. The van der Waals surface area contributed by atoms with Crippen LogP contribution in [-0.4, -0.2) is 91.0 Å². The highest BCUT2D eigenvalue weighted by atomic mass is 19.4. The molecule has 1 amide bonds. The third kappa shape index (κ3) is 21.8. The second-order valence-electron chi connectivity index (χ2n) is 9.15. The zero-order chi connectivity index (χ0) is 28.4. The van der Waals surface area contributed by atoms with E-state index < -0.39 is 24.2 Å². The quantitative estimate of drug-likeness (QED) is 0.374. The Morgan fingerprint density at radius 3 is 1.89 bits per heavy atom. The van der Waals surface area contributed by atoms with Gasteiger partial charge in [-0.3, -0.25) is 4.79 Å². The summed E-state index contributed by atoms with van der Waals surface area (Å²) in [5.74, 6) is 0. The van der Waals surface area contributed by atoms with Crippen molar-refractivity contribution in [2.75, 3.05) is 27.3 Å². The smallest absolute Gasteiger partial charge is 0.444 e. The molecule has 11 heteroatoms. The maximum atomic E-state index is 11.9. The van der Waals surface area contributed by atoms with E-state index in [0.717, 1.165) is 25.7 Å². The van der Waals surface area contributed by atoms with Gasteiger partial charge in [0.05, 0.1) is 31.0 Å². The van der Waals surface area contributed by atoms with Gasteiger partial charge in [0, 0.05) is 28.6 Å². The van der Waals surface area contributed by atoms with E-state index in [2.05, 4.69) is 0 Å². The second-order valence-corrected chi connectivity index (χ2v) is 9.15. The highest BCUT2D eigenvalue weighted by molar-refractivity contribution is 5.68. The molecule has 1 aliphatic heterocycles. The molecule has 0 aromatic rings. The Morgan fingerprint density at radius 1 is 1.00 bits per heavy atom. The average Bonchev–Trinajstić information content (AvgIpc) is 3.10. The largest absolute Gasteiger partial charge is 0.446 e. The summed E-state index contributed by atoms with van der Waals surface area (Å²) in [5.41, 5.74) is -0.495. The molecule has 36 heavy (non-hydrogen) atoms. The zero-order valence-electron chi connectivity index (χ0n) is 23.0. The average molecular weight is 535 g/mol. The van der Waals surface area contributed by atoms with E-state index in [1.165, 1.54) is 6.42 Å². The van der Waals surface area contributed by atoms with Crippen LogP contribution in [0.4, 0.5) is 18.0 Å². The van der Waals surface area contributed by atoms with Crippen molar-refractivity contribution in [3.8, 4) is 0 Å². The molecule has 1 aliphatic carbocycles. The third-order valence-corrected chi connectivity index (χ3v) is 4.99. The van der Waals surface area contributed by atoms with E-state index in [0.29, 0.717) is 38.9 Å². The Kier molecular flexibility index (Phi) is 21.0. The lowest BCUT2D eigenvalue weighted by atomic mass is 10.1. The van der Waals surface area contributed by atoms with E-state index in [1.807, 2.05) is 20.8 Å². The highest BCUT2D eigenvalue weighted by Crippen LogP contribution is 2.19. The van der Waals surface area contributed by atoms with Gasteiger partial charge in [-0.05, 0) is 46.5 Å². The minimum Gasteiger partial charge on any atom is -0.444 e. The molecule has 218 valence electrons. The van der Waals surface area contributed by atoms with E-state index in [-0.39, 0.29) is 25.7 Å². The minimum absolute atomic E-state index is 0. The first kappa shape index (κ1) is 36.7. The second kappa shape index (κ2) is 20.6. The molecule has 0 spiro atoms. The number of alkyl halides is 3. The van der Waals surface area contributed by atoms with Crippen LogP contribution >= 0.6 is 0 Å². The van der Waals surface area contributed by atoms with Crippen molar-refractivity contribution in [2.24, 2.45) is 0 Å². The van der Waals surface area contributed by atoms with E-state index in [4.69, 9.17) is 20.4 Å². The molecule has 2 fully saturated rings. The number of amides is 1. The molecule has 2 aliphatic rings. The van der Waals surface area contributed by atoms with Crippen LogP contribution in [0.3, 0.4) is 0 Å². The Hall–Kier alpha value is -1.43. The topological polar surface area (TPSA) is 106 Å². The number of aldehydes is 1. The molecule has 4 unspecified atom stereocenters. The molecule has 4 atom stereocenters. The Labute approximate surface area is 216 Å². The van der Waals surface area contributed by atoms with Crippen LogP contribution < -0.4 is 0 Å². The molecule has 1 heterocycles. The SMILES string of the molecule is C.COC1CC(O)CCN(C(=O)OC(C)(C)C)C1.COC1CCCCC(O)C1.O=CC(F)(F)F.[2H]CC. The van der Waals surface area contributed by atoms with Crippen LogP contribution in [0.1, 0.15) is 88.3 Å². The molecule has 2 rings (SSSR count). The Bertz CT molecular complexity index is 577. The number of hydrogen-bond donors (Lipinski definition) is 2. The molecule has 0 aromatic heterocycles. The number of halogens is 3. The maximum absolute atomic E-state index is 11.9. The molecule has 0 radical (unpaired) electrons. The first-order chi connectivity index (χ1) is 16.6. The number of ether oxygens (including phenoxy) is 3. The Balaban J connectivity index is -0.000000490. The van der Waals surface area contributed by atoms with E-state index in [9.17, 15) is 28.2 Å². The van der Waals surface area contributed by atoms with Crippen molar-refractivity contribution in [1.29, 1.82) is 0 Å². The number of carbonyl (C=O) groups is 2. The summed E-state index contributed by atoms with van der Waals surface area (Å²) >= 11 is 0. The summed E-state index contributed by atoms with van der Waals surface area (Å²) in [4.78, 5) is 22.2. The summed E-state index contributed by atoms with van der Waals surface area (Å²) in [7, 11) is 3.32. The summed E-state index contributed by atoms with van der Waals surface area (Å²) in [5, 5.41) is 19.0. The van der Waals surface area contributed by atoms with Gasteiger partial charge in [0.2, 0.25) is 6.29 Å². The van der Waals surface area contributed by atoms with Gasteiger partial charge in [0.25, 0.3) is 0 Å². The van der Waals surface area contributed by atoms with E-state index >= 15 is 0 Å². The first-order valence-corrected chi connectivity index (χ1v) is 11.8. The van der Waals surface area contributed by atoms with Crippen molar-refractivity contribution in [3.63, 3.8) is 0 Å². The van der Waals surface area contributed by atoms with Gasteiger partial charge in [-0.15, -0.1) is 0 Å². The normalized spacial score (nSPS) is 24.8. The lowest BCUT2D eigenvalue weighted by molar-refractivity contribution is -0.156. The number of aliphatic hydroxyl groups is 2. The van der Waals surface area contributed by atoms with Gasteiger partial charge in [-0.2, -0.15) is 13.2 Å². The first-order valence-electron chi connectivity index (χ1n) is 12.5. The van der Waals surface area contributed by atoms with Crippen LogP contribution in [0.5, 0.6) is 0 Å². The van der Waals surface area contributed by atoms with Crippen LogP contribution in [0.2, 0.25) is 0 Å². The molecule has 8 nitrogen and oxygen atoms in total. The van der Waals surface area contributed by atoms with Crippen LogP contribution in [-0.2, 0) is 19.0 Å². The number of methoxy groups -OCH3 is 2. The predicted molar refractivity (Wildman–Crippen MR) is 134 cm³/mol. The minimum atomic E-state index is -4.64. The predicted octanol–water partition coefficient (Wildman–Crippen LogP) is 5.13. The third-order valence-electron chi connectivity index (χ3n) is 4.99. The number of nitrogens with zero attached hydrogens (tertiary/aromatic N) is 1. The molecule has 2 N–H and O–H groups in total. The van der Waals surface area contributed by atoms with E-state index in [1.54, 1.807) is 26.0 Å². The van der Waals surface area contributed by atoms with Crippen molar-refractivity contribution >= 4 is 12.4 Å². The Morgan fingerprint density at radius 2 is 1.44 bits per heavy atom. The van der Waals surface area contributed by atoms with Crippen LogP contribution in [0.25, 0.3) is 0 Å². The lowest BCUT2D eigenvalue weighted by Gasteiger charge is -2.27. The number of carbonyl (C=O) groups excluding carboxylic acids is 2. The number of likely N-dealkylation sites (tertiary alicyclic amines) is 1. The summed E-state index contributed by atoms with van der Waals surface area (Å²) in [6.07, 6.45) is 0.00796. The van der Waals surface area contributed by atoms with Crippen LogP contribution in [0, 0.1) is 0 Å². The highest BCUT2D eigenvalue weighted by Gasteiger charge is 2.29. The number of rotatable bonds is 2. The van der Waals surface area contributed by atoms with Gasteiger partial charge < -0.3 is 29.3 Å². The number of aliphatic hydroxyl groups excluding tert-OH is 2. The molecule has 0 bridgehead atoms. The standard InChI is InChI=1S/C12H23NO4.C8H16O2.C2HF3O.C2H6.CH4/c1-12(2,3)17-11(15)13-6-5-9(14)7-10(8-13)16-4;1-10-8-5-3-2-4-7(9)6-8;3-2(4,5)1-6;1-2;/h9-10,14H,5-8H2,1-4H3;7-9H,2-6H2,1H3;1H;1-2H3;1H4/i;;;1D;. The number of hydrogen-bond acceptors (Lipinski definition) is 7. The molecule has 1 saturated carbocycles. The monoisotopic (exact) mass is 534 g/mol. The van der Waals surface area contributed by atoms with Gasteiger partial charge in [0.15, 0.2) is 0 Å². The molecule has 0 aromatic carbocycles. The fourth-order valence-electron chi connectivity index (χ4n) is 3.31. The molecule has 1 saturated heterocycles. The van der Waals surface area contributed by atoms with Gasteiger partial charge in [-0.1, -0.05) is 34.1 Å². The van der Waals surface area contributed by atoms with Gasteiger partial charge in [0.1, 0.15) is 5.60 Å². The molecular formula is C25H50F3NO7.